The molecule has 6 heteroatoms. The SMILES string of the molecule is CC.Cc1ccccc1C1C(=O)Nc2ncnn2C1=O. The van der Waals surface area contributed by atoms with Crippen molar-refractivity contribution in [3.8, 4) is 0 Å². The quantitative estimate of drug-likeness (QED) is 0.805. The Morgan fingerprint density at radius 3 is 2.60 bits per heavy atom. The Morgan fingerprint density at radius 1 is 1.20 bits per heavy atom. The molecule has 0 spiro atoms. The predicted octanol–water partition coefficient (Wildman–Crippen LogP) is 1.99. The van der Waals surface area contributed by atoms with Crippen molar-refractivity contribution in [2.45, 2.75) is 26.7 Å². The van der Waals surface area contributed by atoms with E-state index in [0.717, 1.165) is 10.2 Å². The molecule has 1 aliphatic heterocycles. The average molecular weight is 272 g/mol. The van der Waals surface area contributed by atoms with Crippen molar-refractivity contribution >= 4 is 17.8 Å². The molecular weight excluding hydrogens is 256 g/mol. The Balaban J connectivity index is 0.000000704. The number of aryl methyl sites for hydroxylation is 1. The van der Waals surface area contributed by atoms with E-state index in [9.17, 15) is 9.59 Å². The van der Waals surface area contributed by atoms with Crippen LogP contribution in [0.15, 0.2) is 30.6 Å². The van der Waals surface area contributed by atoms with Gasteiger partial charge in [-0.3, -0.25) is 14.9 Å². The fraction of sp³-hybridized carbons (Fsp3) is 0.286. The van der Waals surface area contributed by atoms with Crippen LogP contribution in [-0.4, -0.2) is 26.6 Å². The zero-order chi connectivity index (χ0) is 14.7. The van der Waals surface area contributed by atoms with E-state index in [-0.39, 0.29) is 17.8 Å². The van der Waals surface area contributed by atoms with Gasteiger partial charge in [-0.2, -0.15) is 14.8 Å². The maximum atomic E-state index is 12.2. The molecule has 0 bridgehead atoms. The van der Waals surface area contributed by atoms with Gasteiger partial charge in [0.1, 0.15) is 12.2 Å². The number of aromatic nitrogens is 3. The van der Waals surface area contributed by atoms with Crippen LogP contribution in [0.5, 0.6) is 0 Å². The molecule has 1 unspecified atom stereocenters. The highest BCUT2D eigenvalue weighted by Gasteiger charge is 2.37. The number of nitrogens with one attached hydrogen (secondary N) is 1. The van der Waals surface area contributed by atoms with Gasteiger partial charge in [0.15, 0.2) is 0 Å². The second kappa shape index (κ2) is 5.64. The summed E-state index contributed by atoms with van der Waals surface area (Å²) in [4.78, 5) is 28.1. The van der Waals surface area contributed by atoms with Crippen LogP contribution in [0.25, 0.3) is 0 Å². The van der Waals surface area contributed by atoms with Gasteiger partial charge < -0.3 is 0 Å². The van der Waals surface area contributed by atoms with Crippen molar-refractivity contribution in [1.29, 1.82) is 0 Å². The molecule has 1 aromatic carbocycles. The average Bonchev–Trinajstić information content (AvgIpc) is 2.91. The molecule has 0 radical (unpaired) electrons. The molecule has 1 N–H and O–H groups in total. The maximum Gasteiger partial charge on any atom is 0.267 e. The number of rotatable bonds is 1. The molecule has 1 aliphatic rings. The van der Waals surface area contributed by atoms with Gasteiger partial charge in [0, 0.05) is 0 Å². The summed E-state index contributed by atoms with van der Waals surface area (Å²) in [6, 6.07) is 7.32. The molecule has 3 rings (SSSR count). The molecule has 0 aliphatic carbocycles. The molecule has 6 nitrogen and oxygen atoms in total. The molecule has 1 atom stereocenters. The molecule has 2 aromatic rings. The largest absolute Gasteiger partial charge is 0.293 e. The summed E-state index contributed by atoms with van der Waals surface area (Å²) in [7, 11) is 0. The van der Waals surface area contributed by atoms with E-state index in [1.54, 1.807) is 12.1 Å². The highest BCUT2D eigenvalue weighted by atomic mass is 16.2. The summed E-state index contributed by atoms with van der Waals surface area (Å²) >= 11 is 0. The summed E-state index contributed by atoms with van der Waals surface area (Å²) in [5.74, 6) is -1.43. The van der Waals surface area contributed by atoms with Gasteiger partial charge >= 0.3 is 0 Å². The van der Waals surface area contributed by atoms with Crippen molar-refractivity contribution in [3.63, 3.8) is 0 Å². The van der Waals surface area contributed by atoms with E-state index in [0.29, 0.717) is 5.56 Å². The zero-order valence-electron chi connectivity index (χ0n) is 11.6. The number of hydrogen-bond donors (Lipinski definition) is 1. The minimum absolute atomic E-state index is 0.176. The number of carbonyl (C=O) groups excluding carboxylic acids is 2. The van der Waals surface area contributed by atoms with Crippen LogP contribution in [0.1, 0.15) is 35.7 Å². The molecule has 1 amide bonds. The molecular formula is C14H16N4O2. The van der Waals surface area contributed by atoms with Crippen LogP contribution in [0, 0.1) is 6.92 Å². The number of anilines is 1. The molecule has 0 saturated heterocycles. The number of amides is 1. The highest BCUT2D eigenvalue weighted by Crippen LogP contribution is 2.26. The molecule has 2 heterocycles. The van der Waals surface area contributed by atoms with E-state index < -0.39 is 5.92 Å². The summed E-state index contributed by atoms with van der Waals surface area (Å²) in [6.45, 7) is 5.87. The van der Waals surface area contributed by atoms with E-state index >= 15 is 0 Å². The maximum absolute atomic E-state index is 12.2. The molecule has 0 fully saturated rings. The third-order valence-corrected chi connectivity index (χ3v) is 3.00. The van der Waals surface area contributed by atoms with E-state index in [4.69, 9.17) is 0 Å². The van der Waals surface area contributed by atoms with Crippen molar-refractivity contribution in [3.05, 3.63) is 41.7 Å². The number of hydrogen-bond acceptors (Lipinski definition) is 4. The third-order valence-electron chi connectivity index (χ3n) is 3.00. The van der Waals surface area contributed by atoms with Gasteiger partial charge in [0.05, 0.1) is 0 Å². The van der Waals surface area contributed by atoms with Crippen molar-refractivity contribution in [2.75, 3.05) is 5.32 Å². The minimum atomic E-state index is -0.861. The van der Waals surface area contributed by atoms with Crippen LogP contribution in [0.4, 0.5) is 5.95 Å². The number of fused-ring (bicyclic) bond motifs is 1. The first-order valence-electron chi connectivity index (χ1n) is 6.49. The standard InChI is InChI=1S/C12H10N4O2.C2H6/c1-7-4-2-3-5-8(7)9-10(17)15-12-13-6-14-16(12)11(9)18;1-2/h2-6,9H,1H3,(H,13,14,15,17);1-2H3. The lowest BCUT2D eigenvalue weighted by atomic mass is 9.92. The monoisotopic (exact) mass is 272 g/mol. The van der Waals surface area contributed by atoms with Crippen LogP contribution < -0.4 is 5.32 Å². The normalized spacial score (nSPS) is 16.9. The Kier molecular flexibility index (Phi) is 3.93. The highest BCUT2D eigenvalue weighted by molar-refractivity contribution is 6.15. The summed E-state index contributed by atoms with van der Waals surface area (Å²) < 4.78 is 1.12. The molecule has 1 aromatic heterocycles. The lowest BCUT2D eigenvalue weighted by Crippen LogP contribution is -2.38. The number of nitrogens with zero attached hydrogens (tertiary/aromatic N) is 3. The smallest absolute Gasteiger partial charge is 0.267 e. The third kappa shape index (κ3) is 2.20. The second-order valence-corrected chi connectivity index (χ2v) is 4.11. The molecule has 0 saturated carbocycles. The number of benzene rings is 1. The Hall–Kier alpha value is -2.50. The molecule has 20 heavy (non-hydrogen) atoms. The Morgan fingerprint density at radius 2 is 1.90 bits per heavy atom. The second-order valence-electron chi connectivity index (χ2n) is 4.11. The summed E-state index contributed by atoms with van der Waals surface area (Å²) in [5, 5.41) is 6.39. The zero-order valence-corrected chi connectivity index (χ0v) is 11.6. The van der Waals surface area contributed by atoms with Crippen molar-refractivity contribution < 1.29 is 9.59 Å². The van der Waals surface area contributed by atoms with Gasteiger partial charge in [0.2, 0.25) is 11.9 Å². The van der Waals surface area contributed by atoms with Gasteiger partial charge in [-0.05, 0) is 18.1 Å². The topological polar surface area (TPSA) is 76.9 Å². The summed E-state index contributed by atoms with van der Waals surface area (Å²) in [6.07, 6.45) is 1.24. The molecule has 104 valence electrons. The van der Waals surface area contributed by atoms with Gasteiger partial charge in [0.25, 0.3) is 5.91 Å². The Bertz CT molecular complexity index is 648. The fourth-order valence-corrected chi connectivity index (χ4v) is 2.09. The van der Waals surface area contributed by atoms with Crippen molar-refractivity contribution in [1.82, 2.24) is 14.8 Å². The van der Waals surface area contributed by atoms with Crippen LogP contribution in [-0.2, 0) is 4.79 Å². The van der Waals surface area contributed by atoms with Crippen LogP contribution in [0.3, 0.4) is 0 Å². The predicted molar refractivity (Wildman–Crippen MR) is 74.5 cm³/mol. The summed E-state index contributed by atoms with van der Waals surface area (Å²) in [5.41, 5.74) is 1.59. The minimum Gasteiger partial charge on any atom is -0.293 e. The Labute approximate surface area is 116 Å². The van der Waals surface area contributed by atoms with Gasteiger partial charge in [-0.1, -0.05) is 38.1 Å². The van der Waals surface area contributed by atoms with Crippen LogP contribution >= 0.6 is 0 Å². The van der Waals surface area contributed by atoms with E-state index in [1.165, 1.54) is 6.33 Å². The lowest BCUT2D eigenvalue weighted by Gasteiger charge is -2.22. The van der Waals surface area contributed by atoms with Crippen molar-refractivity contribution in [2.24, 2.45) is 0 Å². The fourth-order valence-electron chi connectivity index (χ4n) is 2.09. The van der Waals surface area contributed by atoms with Gasteiger partial charge in [-0.15, -0.1) is 0 Å². The first-order valence-corrected chi connectivity index (χ1v) is 6.49. The van der Waals surface area contributed by atoms with E-state index in [1.807, 2.05) is 32.9 Å². The first kappa shape index (κ1) is 13.9. The van der Waals surface area contributed by atoms with E-state index in [2.05, 4.69) is 15.4 Å². The first-order chi connectivity index (χ1) is 9.68. The van der Waals surface area contributed by atoms with Gasteiger partial charge in [-0.25, -0.2) is 0 Å². The van der Waals surface area contributed by atoms with Crippen LogP contribution in [0.2, 0.25) is 0 Å². The lowest BCUT2D eigenvalue weighted by molar-refractivity contribution is -0.117. The number of carbonyl (C=O) groups is 2.